The maximum atomic E-state index is 12.3. The molecule has 3 nitrogen and oxygen atoms in total. The van der Waals surface area contributed by atoms with Crippen molar-refractivity contribution in [2.24, 2.45) is 0 Å². The average Bonchev–Trinajstić information content (AvgIpc) is 2.91. The van der Waals surface area contributed by atoms with Gasteiger partial charge in [0.1, 0.15) is 5.58 Å². The second-order valence-corrected chi connectivity index (χ2v) is 5.26. The van der Waals surface area contributed by atoms with Gasteiger partial charge in [0, 0.05) is 5.39 Å². The number of benzene rings is 2. The number of fused-ring (bicyclic) bond motifs is 1. The Hall–Kier alpha value is -2.55. The van der Waals surface area contributed by atoms with Gasteiger partial charge in [-0.1, -0.05) is 42.5 Å². The van der Waals surface area contributed by atoms with Crippen LogP contribution in [0.25, 0.3) is 11.0 Å². The maximum absolute atomic E-state index is 12.3. The molecule has 3 aromatic rings. The highest BCUT2D eigenvalue weighted by Gasteiger charge is 2.15. The molecule has 0 radical (unpaired) electrons. The minimum atomic E-state index is -0.194. The lowest BCUT2D eigenvalue weighted by molar-refractivity contribution is 0.0914. The van der Waals surface area contributed by atoms with Crippen molar-refractivity contribution in [3.63, 3.8) is 0 Å². The third-order valence-corrected chi connectivity index (χ3v) is 3.55. The standard InChI is InChI=1S/C18H17NO2/c1-12-8-9-15-11-17(21-16(15)10-12)18(20)19-13(2)14-6-4-3-5-7-14/h3-11,13H,1-2H3,(H,19,20). The smallest absolute Gasteiger partial charge is 0.287 e. The first-order valence-electron chi connectivity index (χ1n) is 6.99. The molecule has 1 amide bonds. The number of nitrogens with one attached hydrogen (secondary N) is 1. The van der Waals surface area contributed by atoms with Crippen LogP contribution in [-0.4, -0.2) is 5.91 Å². The van der Waals surface area contributed by atoms with Gasteiger partial charge in [0.2, 0.25) is 0 Å². The molecule has 0 spiro atoms. The lowest BCUT2D eigenvalue weighted by atomic mass is 10.1. The number of rotatable bonds is 3. The van der Waals surface area contributed by atoms with E-state index in [0.717, 1.165) is 22.1 Å². The molecule has 0 aliphatic rings. The Labute approximate surface area is 123 Å². The van der Waals surface area contributed by atoms with Gasteiger partial charge in [-0.05, 0) is 37.1 Å². The van der Waals surface area contributed by atoms with Crippen LogP contribution in [0.3, 0.4) is 0 Å². The van der Waals surface area contributed by atoms with Gasteiger partial charge in [-0.3, -0.25) is 4.79 Å². The zero-order valence-electron chi connectivity index (χ0n) is 12.1. The van der Waals surface area contributed by atoms with Gasteiger partial charge < -0.3 is 9.73 Å². The van der Waals surface area contributed by atoms with Crippen molar-refractivity contribution in [1.82, 2.24) is 5.32 Å². The highest BCUT2D eigenvalue weighted by Crippen LogP contribution is 2.21. The lowest BCUT2D eigenvalue weighted by Gasteiger charge is -2.12. The Bertz CT molecular complexity index is 774. The van der Waals surface area contributed by atoms with E-state index >= 15 is 0 Å². The molecule has 3 heteroatoms. The second-order valence-electron chi connectivity index (χ2n) is 5.26. The summed E-state index contributed by atoms with van der Waals surface area (Å²) in [6.45, 7) is 3.96. The number of carbonyl (C=O) groups excluding carboxylic acids is 1. The van der Waals surface area contributed by atoms with Crippen LogP contribution < -0.4 is 5.32 Å². The Morgan fingerprint density at radius 2 is 1.86 bits per heavy atom. The second kappa shape index (κ2) is 5.44. The van der Waals surface area contributed by atoms with Crippen LogP contribution in [0.2, 0.25) is 0 Å². The van der Waals surface area contributed by atoms with Crippen molar-refractivity contribution in [1.29, 1.82) is 0 Å². The molecule has 1 unspecified atom stereocenters. The molecule has 0 saturated carbocycles. The van der Waals surface area contributed by atoms with E-state index in [1.807, 2.05) is 62.4 Å². The van der Waals surface area contributed by atoms with Crippen LogP contribution in [0.1, 0.15) is 34.6 Å². The summed E-state index contributed by atoms with van der Waals surface area (Å²) in [5.74, 6) is 0.151. The predicted octanol–water partition coefficient (Wildman–Crippen LogP) is 4.23. The van der Waals surface area contributed by atoms with Gasteiger partial charge in [-0.15, -0.1) is 0 Å². The monoisotopic (exact) mass is 279 g/mol. The summed E-state index contributed by atoms with van der Waals surface area (Å²) in [5.41, 5.74) is 2.92. The van der Waals surface area contributed by atoms with Crippen LogP contribution in [0.15, 0.2) is 59.0 Å². The number of carbonyl (C=O) groups is 1. The largest absolute Gasteiger partial charge is 0.451 e. The molecular formula is C18H17NO2. The van der Waals surface area contributed by atoms with Crippen LogP contribution in [0, 0.1) is 6.92 Å². The third kappa shape index (κ3) is 2.82. The number of amides is 1. The Balaban J connectivity index is 1.80. The summed E-state index contributed by atoms with van der Waals surface area (Å²) >= 11 is 0. The van der Waals surface area contributed by atoms with E-state index in [1.54, 1.807) is 6.07 Å². The van der Waals surface area contributed by atoms with E-state index < -0.39 is 0 Å². The number of aryl methyl sites for hydroxylation is 1. The first kappa shape index (κ1) is 13.4. The predicted molar refractivity (Wildman–Crippen MR) is 83.3 cm³/mol. The van der Waals surface area contributed by atoms with E-state index in [2.05, 4.69) is 5.32 Å². The first-order chi connectivity index (χ1) is 10.1. The summed E-state index contributed by atoms with van der Waals surface area (Å²) in [4.78, 5) is 12.3. The van der Waals surface area contributed by atoms with Crippen molar-refractivity contribution in [3.8, 4) is 0 Å². The van der Waals surface area contributed by atoms with Gasteiger partial charge >= 0.3 is 0 Å². The molecule has 0 saturated heterocycles. The molecule has 1 N–H and O–H groups in total. The zero-order valence-corrected chi connectivity index (χ0v) is 12.1. The normalized spacial score (nSPS) is 12.3. The Morgan fingerprint density at radius 1 is 1.10 bits per heavy atom. The molecule has 2 aromatic carbocycles. The highest BCUT2D eigenvalue weighted by molar-refractivity contribution is 5.96. The van der Waals surface area contributed by atoms with E-state index in [9.17, 15) is 4.79 Å². The van der Waals surface area contributed by atoms with Gasteiger partial charge in [0.25, 0.3) is 5.91 Å². The zero-order chi connectivity index (χ0) is 14.8. The Morgan fingerprint density at radius 3 is 2.62 bits per heavy atom. The Kier molecular flexibility index (Phi) is 3.48. The van der Waals surface area contributed by atoms with Crippen LogP contribution in [0.4, 0.5) is 0 Å². The summed E-state index contributed by atoms with van der Waals surface area (Å²) in [6, 6.07) is 17.5. The topological polar surface area (TPSA) is 42.2 Å². The molecular weight excluding hydrogens is 262 g/mol. The molecule has 3 rings (SSSR count). The number of hydrogen-bond donors (Lipinski definition) is 1. The van der Waals surface area contributed by atoms with Crippen molar-refractivity contribution in [2.75, 3.05) is 0 Å². The van der Waals surface area contributed by atoms with Crippen molar-refractivity contribution < 1.29 is 9.21 Å². The average molecular weight is 279 g/mol. The molecule has 0 fully saturated rings. The summed E-state index contributed by atoms with van der Waals surface area (Å²) < 4.78 is 5.64. The minimum absolute atomic E-state index is 0.0614. The van der Waals surface area contributed by atoms with Gasteiger partial charge in [-0.25, -0.2) is 0 Å². The summed E-state index contributed by atoms with van der Waals surface area (Å²) in [5, 5.41) is 3.90. The van der Waals surface area contributed by atoms with E-state index in [0.29, 0.717) is 5.76 Å². The molecule has 0 aliphatic heterocycles. The molecule has 0 bridgehead atoms. The van der Waals surface area contributed by atoms with Crippen molar-refractivity contribution >= 4 is 16.9 Å². The van der Waals surface area contributed by atoms with E-state index in [4.69, 9.17) is 4.42 Å². The minimum Gasteiger partial charge on any atom is -0.451 e. The molecule has 106 valence electrons. The number of furan rings is 1. The molecule has 1 atom stereocenters. The first-order valence-corrected chi connectivity index (χ1v) is 6.99. The van der Waals surface area contributed by atoms with Gasteiger partial charge in [-0.2, -0.15) is 0 Å². The van der Waals surface area contributed by atoms with Crippen LogP contribution in [-0.2, 0) is 0 Å². The van der Waals surface area contributed by atoms with Crippen molar-refractivity contribution in [3.05, 3.63) is 71.5 Å². The van der Waals surface area contributed by atoms with Crippen LogP contribution >= 0.6 is 0 Å². The number of hydrogen-bond acceptors (Lipinski definition) is 2. The quantitative estimate of drug-likeness (QED) is 0.779. The summed E-state index contributed by atoms with van der Waals surface area (Å²) in [7, 11) is 0. The molecule has 1 aromatic heterocycles. The SMILES string of the molecule is Cc1ccc2cc(C(=O)NC(C)c3ccccc3)oc2c1. The fourth-order valence-electron chi connectivity index (χ4n) is 2.34. The highest BCUT2D eigenvalue weighted by atomic mass is 16.3. The van der Waals surface area contributed by atoms with E-state index in [1.165, 1.54) is 0 Å². The van der Waals surface area contributed by atoms with Crippen LogP contribution in [0.5, 0.6) is 0 Å². The molecule has 21 heavy (non-hydrogen) atoms. The maximum Gasteiger partial charge on any atom is 0.287 e. The fourth-order valence-corrected chi connectivity index (χ4v) is 2.34. The lowest BCUT2D eigenvalue weighted by Crippen LogP contribution is -2.26. The van der Waals surface area contributed by atoms with Crippen molar-refractivity contribution in [2.45, 2.75) is 19.9 Å². The third-order valence-electron chi connectivity index (χ3n) is 3.55. The van der Waals surface area contributed by atoms with Gasteiger partial charge in [0.05, 0.1) is 6.04 Å². The van der Waals surface area contributed by atoms with E-state index in [-0.39, 0.29) is 11.9 Å². The fraction of sp³-hybridized carbons (Fsp3) is 0.167. The molecule has 0 aliphatic carbocycles. The summed E-state index contributed by atoms with van der Waals surface area (Å²) in [6.07, 6.45) is 0. The van der Waals surface area contributed by atoms with Gasteiger partial charge in [0.15, 0.2) is 5.76 Å². The molecule has 1 heterocycles.